The highest BCUT2D eigenvalue weighted by Gasteiger charge is 2.27. The molecule has 0 radical (unpaired) electrons. The highest BCUT2D eigenvalue weighted by Crippen LogP contribution is 2.36. The van der Waals surface area contributed by atoms with Gasteiger partial charge < -0.3 is 19.5 Å². The minimum atomic E-state index is -3.03. The standard InChI is InChI=1S/C19H20FNO3/c20-15-3-1-13(2-4-15)17-7-8-21-10-14(17)11-22-16-5-6-18-19(9-16)24-12-23-18/h1-6,9,14,17,21H,7-8,10-12H2/t14?,17-/m0/s1/i1D,2D,3D,4D,7D2,8D2,10D2,12D2. The van der Waals surface area contributed by atoms with E-state index in [0.29, 0.717) is 0 Å². The van der Waals surface area contributed by atoms with Crippen molar-refractivity contribution in [1.82, 2.24) is 5.32 Å². The first-order valence-corrected chi connectivity index (χ1v) is 7.09. The third-order valence-corrected chi connectivity index (χ3v) is 3.52. The van der Waals surface area contributed by atoms with E-state index in [1.165, 1.54) is 18.2 Å². The lowest BCUT2D eigenvalue weighted by atomic mass is 9.81. The Labute approximate surface area is 157 Å². The molecule has 2 aliphatic rings. The minimum Gasteiger partial charge on any atom is -0.493 e. The van der Waals surface area contributed by atoms with Crippen LogP contribution in [0.3, 0.4) is 0 Å². The van der Waals surface area contributed by atoms with Gasteiger partial charge in [0, 0.05) is 26.7 Å². The van der Waals surface area contributed by atoms with E-state index in [1.54, 1.807) is 0 Å². The Balaban J connectivity index is 1.78. The lowest BCUT2D eigenvalue weighted by Crippen LogP contribution is -2.38. The van der Waals surface area contributed by atoms with Crippen molar-refractivity contribution < 1.29 is 35.1 Å². The molecule has 2 aromatic carbocycles. The molecule has 4 rings (SSSR count). The van der Waals surface area contributed by atoms with E-state index in [4.69, 9.17) is 30.7 Å². The van der Waals surface area contributed by atoms with Crippen LogP contribution < -0.4 is 19.5 Å². The van der Waals surface area contributed by atoms with E-state index < -0.39 is 80.1 Å². The van der Waals surface area contributed by atoms with Crippen molar-refractivity contribution in [2.24, 2.45) is 5.92 Å². The number of halogens is 1. The van der Waals surface area contributed by atoms with Crippen molar-refractivity contribution in [2.75, 3.05) is 26.3 Å². The fourth-order valence-corrected chi connectivity index (χ4v) is 2.34. The van der Waals surface area contributed by atoms with Gasteiger partial charge in [0.25, 0.3) is 0 Å². The van der Waals surface area contributed by atoms with Crippen molar-refractivity contribution in [2.45, 2.75) is 12.3 Å². The molecule has 0 aliphatic carbocycles. The molecule has 0 spiro atoms. The summed E-state index contributed by atoms with van der Waals surface area (Å²) >= 11 is 0. The molecule has 4 nitrogen and oxygen atoms in total. The summed E-state index contributed by atoms with van der Waals surface area (Å²) in [6, 6.07) is -0.148. The van der Waals surface area contributed by atoms with Crippen LogP contribution in [0.5, 0.6) is 17.2 Å². The number of piperidine rings is 1. The maximum Gasteiger partial charge on any atom is 0.231 e. The Morgan fingerprint density at radius 3 is 2.96 bits per heavy atom. The average Bonchev–Trinajstić information content (AvgIpc) is 3.06. The van der Waals surface area contributed by atoms with Gasteiger partial charge >= 0.3 is 0 Å². The SMILES string of the molecule is [2H]c1c([2H])c([C@H]2C(COc3ccc4c(c3)OC([2H])([2H])O4)C([2H])([2H])NC([2H])([2H])C2([2H])[2H])c([2H])c([2H])c1F. The lowest BCUT2D eigenvalue weighted by molar-refractivity contribution is 0.173. The van der Waals surface area contributed by atoms with Crippen LogP contribution >= 0.6 is 0 Å². The molecule has 0 amide bonds. The summed E-state index contributed by atoms with van der Waals surface area (Å²) in [6.07, 6.45) is -3.00. The molecule has 2 aromatic rings. The minimum absolute atomic E-state index is 0.0105. The second kappa shape index (κ2) is 6.69. The van der Waals surface area contributed by atoms with Crippen LogP contribution in [-0.2, 0) is 0 Å². The molecule has 1 fully saturated rings. The van der Waals surface area contributed by atoms with Crippen LogP contribution in [0, 0.1) is 11.7 Å². The molecule has 1 unspecified atom stereocenters. The number of ether oxygens (including phenoxy) is 3. The third kappa shape index (κ3) is 3.17. The first-order chi connectivity index (χ1) is 16.4. The topological polar surface area (TPSA) is 39.7 Å². The summed E-state index contributed by atoms with van der Waals surface area (Å²) in [5.41, 5.74) is -0.682. The number of hydrogen-bond donors (Lipinski definition) is 1. The number of rotatable bonds is 4. The summed E-state index contributed by atoms with van der Waals surface area (Å²) in [4.78, 5) is 0. The number of nitrogens with one attached hydrogen (secondary N) is 1. The van der Waals surface area contributed by atoms with Crippen LogP contribution in [0.15, 0.2) is 42.4 Å². The molecule has 0 bridgehead atoms. The fourth-order valence-electron chi connectivity index (χ4n) is 2.34. The molecule has 0 saturated carbocycles. The van der Waals surface area contributed by atoms with Crippen molar-refractivity contribution >= 4 is 0 Å². The van der Waals surface area contributed by atoms with Gasteiger partial charge in [0.05, 0.1) is 12.1 Å². The second-order valence-corrected chi connectivity index (χ2v) is 5.06. The van der Waals surface area contributed by atoms with E-state index in [0.717, 1.165) is 0 Å². The van der Waals surface area contributed by atoms with Crippen molar-refractivity contribution in [1.29, 1.82) is 0 Å². The fraction of sp³-hybridized carbons (Fsp3) is 0.368. The zero-order valence-corrected chi connectivity index (χ0v) is 12.2. The Hall–Kier alpha value is -2.27. The average molecular weight is 341 g/mol. The Morgan fingerprint density at radius 1 is 1.25 bits per heavy atom. The smallest absolute Gasteiger partial charge is 0.231 e. The predicted octanol–water partition coefficient (Wildman–Crippen LogP) is 3.33. The Morgan fingerprint density at radius 2 is 2.08 bits per heavy atom. The summed E-state index contributed by atoms with van der Waals surface area (Å²) in [5, 5.41) is 1.97. The first-order valence-electron chi connectivity index (χ1n) is 13.1. The molecule has 1 saturated heterocycles. The van der Waals surface area contributed by atoms with Crippen LogP contribution in [0.2, 0.25) is 0 Å². The number of fused-ring (bicyclic) bond motifs is 1. The van der Waals surface area contributed by atoms with Gasteiger partial charge in [-0.25, -0.2) is 4.39 Å². The lowest BCUT2D eigenvalue weighted by Gasteiger charge is -2.32. The van der Waals surface area contributed by atoms with Gasteiger partial charge in [0.2, 0.25) is 6.75 Å². The number of hydrogen-bond acceptors (Lipinski definition) is 4. The van der Waals surface area contributed by atoms with Gasteiger partial charge in [-0.3, -0.25) is 0 Å². The maximum absolute atomic E-state index is 14.2. The van der Waals surface area contributed by atoms with Gasteiger partial charge in [-0.1, -0.05) is 12.1 Å². The van der Waals surface area contributed by atoms with Crippen LogP contribution in [0.25, 0.3) is 0 Å². The zero-order chi connectivity index (χ0) is 27.0. The van der Waals surface area contributed by atoms with Crippen molar-refractivity contribution in [3.8, 4) is 17.2 Å². The third-order valence-electron chi connectivity index (χ3n) is 3.52. The van der Waals surface area contributed by atoms with Crippen LogP contribution in [0.1, 0.15) is 34.3 Å². The highest BCUT2D eigenvalue weighted by atomic mass is 19.1. The van der Waals surface area contributed by atoms with E-state index in [9.17, 15) is 4.39 Å². The Kier molecular flexibility index (Phi) is 1.93. The largest absolute Gasteiger partial charge is 0.493 e. The molecule has 0 aromatic heterocycles. The molecule has 2 aliphatic heterocycles. The summed E-state index contributed by atoms with van der Waals surface area (Å²) < 4.78 is 127. The van der Waals surface area contributed by atoms with Gasteiger partial charge in [0.1, 0.15) is 14.3 Å². The molecule has 5 heteroatoms. The second-order valence-electron chi connectivity index (χ2n) is 5.06. The van der Waals surface area contributed by atoms with Gasteiger partial charge in [-0.05, 0) is 48.6 Å². The van der Waals surface area contributed by atoms with Gasteiger partial charge in [-0.2, -0.15) is 0 Å². The van der Waals surface area contributed by atoms with Crippen molar-refractivity contribution in [3.63, 3.8) is 0 Å². The molecule has 1 N–H and O–H groups in total. The molecular formula is C19H20FNO3. The number of benzene rings is 2. The highest BCUT2D eigenvalue weighted by molar-refractivity contribution is 5.46. The molecule has 2 heterocycles. The molecular weight excluding hydrogens is 309 g/mol. The van der Waals surface area contributed by atoms with E-state index >= 15 is 0 Å². The summed E-state index contributed by atoms with van der Waals surface area (Å²) in [5.74, 6) is -4.94. The van der Waals surface area contributed by atoms with Gasteiger partial charge in [-0.15, -0.1) is 0 Å². The van der Waals surface area contributed by atoms with Crippen LogP contribution in [0.4, 0.5) is 4.39 Å². The predicted molar refractivity (Wildman–Crippen MR) is 88.2 cm³/mol. The van der Waals surface area contributed by atoms with E-state index in [-0.39, 0.29) is 17.2 Å². The maximum atomic E-state index is 14.2. The monoisotopic (exact) mass is 341 g/mol. The normalized spacial score (nSPS) is 38.0. The summed E-state index contributed by atoms with van der Waals surface area (Å²) in [6.45, 7) is -8.77. The zero-order valence-electron chi connectivity index (χ0n) is 24.2. The quantitative estimate of drug-likeness (QED) is 0.926. The van der Waals surface area contributed by atoms with E-state index in [1.807, 2.05) is 5.32 Å². The Bertz CT molecular complexity index is 1200. The molecule has 2 atom stereocenters. The van der Waals surface area contributed by atoms with Crippen molar-refractivity contribution in [3.05, 3.63) is 53.7 Å². The first kappa shape index (κ1) is 6.92. The molecule has 24 heavy (non-hydrogen) atoms. The molecule has 126 valence electrons. The van der Waals surface area contributed by atoms with Crippen LogP contribution in [-0.4, -0.2) is 26.3 Å². The summed E-state index contributed by atoms with van der Waals surface area (Å²) in [7, 11) is 0. The van der Waals surface area contributed by atoms with E-state index in [2.05, 4.69) is 0 Å². The van der Waals surface area contributed by atoms with Gasteiger partial charge in [0.15, 0.2) is 11.5 Å².